The van der Waals surface area contributed by atoms with E-state index in [-0.39, 0.29) is 11.6 Å². The number of oxazole rings is 1. The van der Waals surface area contributed by atoms with Crippen LogP contribution in [0.4, 0.5) is 0 Å². The van der Waals surface area contributed by atoms with Crippen molar-refractivity contribution in [3.63, 3.8) is 0 Å². The first-order valence-electron chi connectivity index (χ1n) is 8.77. The zero-order valence-corrected chi connectivity index (χ0v) is 16.4. The molecule has 0 aliphatic heterocycles. The Balaban J connectivity index is 2.20. The summed E-state index contributed by atoms with van der Waals surface area (Å²) >= 11 is 0. The van der Waals surface area contributed by atoms with Gasteiger partial charge in [0.2, 0.25) is 0 Å². The first-order chi connectivity index (χ1) is 12.5. The van der Waals surface area contributed by atoms with Gasteiger partial charge in [0.15, 0.2) is 12.2 Å². The van der Waals surface area contributed by atoms with Crippen molar-refractivity contribution in [3.8, 4) is 0 Å². The Kier molecular flexibility index (Phi) is 5.41. The quantitative estimate of drug-likeness (QED) is 0.679. The molecule has 0 fully saturated rings. The van der Waals surface area contributed by atoms with E-state index in [2.05, 4.69) is 50.0 Å². The Morgan fingerprint density at radius 2 is 1.54 bits per heavy atom. The summed E-state index contributed by atoms with van der Waals surface area (Å²) in [6.07, 6.45) is 2.41. The molecule has 5 heteroatoms. The van der Waals surface area contributed by atoms with Gasteiger partial charge in [-0.2, -0.15) is 0 Å². The van der Waals surface area contributed by atoms with Crippen LogP contribution in [0.25, 0.3) is 0 Å². The zero-order chi connectivity index (χ0) is 18.6. The minimum atomic E-state index is -2.74. The van der Waals surface area contributed by atoms with E-state index in [0.717, 1.165) is 10.4 Å². The van der Waals surface area contributed by atoms with Crippen molar-refractivity contribution in [2.45, 2.75) is 31.9 Å². The Morgan fingerprint density at radius 1 is 1.00 bits per heavy atom. The highest BCUT2D eigenvalue weighted by molar-refractivity contribution is 6.99. The van der Waals surface area contributed by atoms with Crippen LogP contribution in [0.15, 0.2) is 77.7 Å². The standard InChI is InChI=1S/C21H25NO3Si/c1-21(2,3)26(17-10-6-4-7-11-17,18-12-8-5-9-13-18)25-20(15-23)19-14-22-16-24-19/h4-14,16,20,23H,15H2,1-3H3/t20-/m1/s1. The second-order valence-corrected chi connectivity index (χ2v) is 11.6. The number of aliphatic hydroxyl groups excluding tert-OH is 1. The third-order valence-corrected chi connectivity index (χ3v) is 9.71. The SMILES string of the molecule is CC(C)(C)[Si](O[C@H](CO)c1cnco1)(c1ccccc1)c1ccccc1. The van der Waals surface area contributed by atoms with E-state index in [0.29, 0.717) is 5.76 Å². The summed E-state index contributed by atoms with van der Waals surface area (Å²) in [7, 11) is -2.74. The highest BCUT2D eigenvalue weighted by Gasteiger charge is 2.51. The Hall–Kier alpha value is -2.21. The fraction of sp³-hybridized carbons (Fsp3) is 0.286. The Labute approximate surface area is 155 Å². The largest absolute Gasteiger partial charge is 0.446 e. The second kappa shape index (κ2) is 7.58. The van der Waals surface area contributed by atoms with Crippen LogP contribution in [0, 0.1) is 0 Å². The van der Waals surface area contributed by atoms with Crippen LogP contribution in [-0.2, 0) is 4.43 Å². The molecule has 3 aromatic rings. The number of hydrogen-bond acceptors (Lipinski definition) is 4. The topological polar surface area (TPSA) is 55.5 Å². The van der Waals surface area contributed by atoms with Gasteiger partial charge in [0.1, 0.15) is 6.10 Å². The van der Waals surface area contributed by atoms with E-state index in [1.165, 1.54) is 6.39 Å². The normalized spacial score (nSPS) is 13.5. The number of aromatic nitrogens is 1. The molecule has 0 bridgehead atoms. The van der Waals surface area contributed by atoms with Crippen molar-refractivity contribution in [2.75, 3.05) is 6.61 Å². The summed E-state index contributed by atoms with van der Waals surface area (Å²) in [5.41, 5.74) is 0. The minimum Gasteiger partial charge on any atom is -0.446 e. The van der Waals surface area contributed by atoms with Crippen molar-refractivity contribution < 1.29 is 13.9 Å². The van der Waals surface area contributed by atoms with E-state index in [4.69, 9.17) is 8.84 Å². The van der Waals surface area contributed by atoms with E-state index in [1.54, 1.807) is 6.20 Å². The van der Waals surface area contributed by atoms with Gasteiger partial charge >= 0.3 is 0 Å². The molecule has 0 saturated heterocycles. The van der Waals surface area contributed by atoms with E-state index in [1.807, 2.05) is 36.4 Å². The fourth-order valence-electron chi connectivity index (χ4n) is 3.47. The lowest BCUT2D eigenvalue weighted by Crippen LogP contribution is -2.67. The van der Waals surface area contributed by atoms with Crippen LogP contribution in [0.3, 0.4) is 0 Å². The number of hydrogen-bond donors (Lipinski definition) is 1. The average molecular weight is 368 g/mol. The van der Waals surface area contributed by atoms with Gasteiger partial charge in [-0.05, 0) is 15.4 Å². The lowest BCUT2D eigenvalue weighted by atomic mass is 10.2. The molecule has 0 aliphatic carbocycles. The monoisotopic (exact) mass is 367 g/mol. The van der Waals surface area contributed by atoms with Gasteiger partial charge < -0.3 is 13.9 Å². The van der Waals surface area contributed by atoms with E-state index in [9.17, 15) is 5.11 Å². The summed E-state index contributed by atoms with van der Waals surface area (Å²) < 4.78 is 12.3. The molecule has 26 heavy (non-hydrogen) atoms. The molecule has 0 aliphatic rings. The molecule has 1 heterocycles. The number of aliphatic hydroxyl groups is 1. The Bertz CT molecular complexity index is 759. The summed E-state index contributed by atoms with van der Waals surface area (Å²) in [5.74, 6) is 0.542. The summed E-state index contributed by atoms with van der Waals surface area (Å²) in [6, 6.07) is 20.7. The van der Waals surface area contributed by atoms with Crippen LogP contribution in [0.2, 0.25) is 5.04 Å². The van der Waals surface area contributed by atoms with Gasteiger partial charge in [-0.25, -0.2) is 4.98 Å². The highest BCUT2D eigenvalue weighted by Crippen LogP contribution is 2.39. The zero-order valence-electron chi connectivity index (χ0n) is 15.4. The van der Waals surface area contributed by atoms with Gasteiger partial charge in [-0.3, -0.25) is 0 Å². The first-order valence-corrected chi connectivity index (χ1v) is 10.7. The molecule has 1 N–H and O–H groups in total. The van der Waals surface area contributed by atoms with Crippen LogP contribution >= 0.6 is 0 Å². The fourth-order valence-corrected chi connectivity index (χ4v) is 8.11. The smallest absolute Gasteiger partial charge is 0.262 e. The molecule has 0 saturated carbocycles. The van der Waals surface area contributed by atoms with Crippen molar-refractivity contribution in [1.29, 1.82) is 0 Å². The maximum atomic E-state index is 10.0. The first kappa shape index (κ1) is 18.6. The molecule has 1 aromatic heterocycles. The molecular formula is C21H25NO3Si. The maximum Gasteiger partial charge on any atom is 0.262 e. The van der Waals surface area contributed by atoms with E-state index < -0.39 is 14.4 Å². The number of rotatable bonds is 6. The third-order valence-electron chi connectivity index (χ3n) is 4.67. The van der Waals surface area contributed by atoms with Crippen molar-refractivity contribution >= 4 is 18.7 Å². The van der Waals surface area contributed by atoms with Crippen LogP contribution in [0.5, 0.6) is 0 Å². The van der Waals surface area contributed by atoms with Gasteiger partial charge in [0.05, 0.1) is 12.8 Å². The molecule has 1 atom stereocenters. The summed E-state index contributed by atoms with van der Waals surface area (Å²) in [4.78, 5) is 3.99. The van der Waals surface area contributed by atoms with Crippen LogP contribution in [0.1, 0.15) is 32.6 Å². The number of nitrogens with zero attached hydrogens (tertiary/aromatic N) is 1. The molecule has 0 amide bonds. The van der Waals surface area contributed by atoms with Gasteiger partial charge in [0.25, 0.3) is 8.32 Å². The maximum absolute atomic E-state index is 10.0. The molecule has 3 rings (SSSR count). The predicted molar refractivity (Wildman–Crippen MR) is 105 cm³/mol. The molecule has 2 aromatic carbocycles. The van der Waals surface area contributed by atoms with Gasteiger partial charge in [-0.15, -0.1) is 0 Å². The van der Waals surface area contributed by atoms with Crippen molar-refractivity contribution in [2.24, 2.45) is 0 Å². The molecule has 4 nitrogen and oxygen atoms in total. The molecule has 136 valence electrons. The molecular weight excluding hydrogens is 342 g/mol. The molecule has 0 unspecified atom stereocenters. The predicted octanol–water partition coefficient (Wildman–Crippen LogP) is 3.28. The summed E-state index contributed by atoms with van der Waals surface area (Å²) in [5, 5.41) is 12.2. The minimum absolute atomic E-state index is 0.164. The van der Waals surface area contributed by atoms with Gasteiger partial charge in [0, 0.05) is 0 Å². The lowest BCUT2D eigenvalue weighted by molar-refractivity contribution is 0.0895. The lowest BCUT2D eigenvalue weighted by Gasteiger charge is -2.44. The molecule has 0 spiro atoms. The van der Waals surface area contributed by atoms with Crippen molar-refractivity contribution in [1.82, 2.24) is 4.98 Å². The highest BCUT2D eigenvalue weighted by atomic mass is 28.4. The number of benzene rings is 2. The van der Waals surface area contributed by atoms with Crippen LogP contribution in [-0.4, -0.2) is 25.0 Å². The van der Waals surface area contributed by atoms with Crippen LogP contribution < -0.4 is 10.4 Å². The molecule has 0 radical (unpaired) electrons. The van der Waals surface area contributed by atoms with E-state index >= 15 is 0 Å². The van der Waals surface area contributed by atoms with Gasteiger partial charge in [-0.1, -0.05) is 81.4 Å². The Morgan fingerprint density at radius 3 is 1.92 bits per heavy atom. The summed E-state index contributed by atoms with van der Waals surface area (Å²) in [6.45, 7) is 6.44. The third kappa shape index (κ3) is 3.38. The average Bonchev–Trinajstić information content (AvgIpc) is 3.18. The van der Waals surface area contributed by atoms with Crippen molar-refractivity contribution in [3.05, 3.63) is 79.0 Å². The second-order valence-electron chi connectivity index (χ2n) is 7.36.